The normalized spacial score (nSPS) is 12.6. The molecule has 0 bridgehead atoms. The molecule has 1 unspecified atom stereocenters. The summed E-state index contributed by atoms with van der Waals surface area (Å²) in [4.78, 5) is 7.42. The maximum atomic E-state index is 6.01. The number of aromatic amines is 1. The fourth-order valence-electron chi connectivity index (χ4n) is 2.10. The summed E-state index contributed by atoms with van der Waals surface area (Å²) in [6.07, 6.45) is 5.50. The summed E-state index contributed by atoms with van der Waals surface area (Å²) >= 11 is 6.01. The molecule has 0 aliphatic carbocycles. The molecule has 0 fully saturated rings. The topological polar surface area (TPSA) is 40.7 Å². The van der Waals surface area contributed by atoms with E-state index in [-0.39, 0.29) is 0 Å². The number of nitrogens with one attached hydrogen (secondary N) is 2. The van der Waals surface area contributed by atoms with Gasteiger partial charge in [-0.05, 0) is 30.7 Å². The van der Waals surface area contributed by atoms with Crippen molar-refractivity contribution in [3.63, 3.8) is 0 Å². The van der Waals surface area contributed by atoms with E-state index >= 15 is 0 Å². The monoisotopic (exact) mass is 263 g/mol. The van der Waals surface area contributed by atoms with Gasteiger partial charge < -0.3 is 10.3 Å². The predicted molar refractivity (Wildman–Crippen MR) is 74.9 cm³/mol. The summed E-state index contributed by atoms with van der Waals surface area (Å²) in [7, 11) is 0. The van der Waals surface area contributed by atoms with Gasteiger partial charge >= 0.3 is 0 Å². The standard InChI is InChI=1S/C14H18ClN3/c1-2-16-13(10-14-17-6-7-18-14)9-11-4-3-5-12(15)8-11/h3-8,13,16H,2,9-10H2,1H3,(H,17,18). The van der Waals surface area contributed by atoms with Crippen LogP contribution in [0.25, 0.3) is 0 Å². The van der Waals surface area contributed by atoms with Crippen LogP contribution in [-0.2, 0) is 12.8 Å². The minimum atomic E-state index is 0.375. The van der Waals surface area contributed by atoms with Gasteiger partial charge in [-0.3, -0.25) is 0 Å². The summed E-state index contributed by atoms with van der Waals surface area (Å²) in [5.41, 5.74) is 1.25. The third-order valence-electron chi connectivity index (χ3n) is 2.86. The Bertz CT molecular complexity index is 468. The van der Waals surface area contributed by atoms with E-state index in [9.17, 15) is 0 Å². The molecule has 0 aliphatic rings. The van der Waals surface area contributed by atoms with Crippen molar-refractivity contribution >= 4 is 11.6 Å². The lowest BCUT2D eigenvalue weighted by Gasteiger charge is -2.17. The van der Waals surface area contributed by atoms with E-state index in [1.54, 1.807) is 6.20 Å². The molecule has 1 atom stereocenters. The van der Waals surface area contributed by atoms with Crippen LogP contribution in [-0.4, -0.2) is 22.6 Å². The van der Waals surface area contributed by atoms with Crippen molar-refractivity contribution in [2.24, 2.45) is 0 Å². The molecule has 3 nitrogen and oxygen atoms in total. The Labute approximate surface area is 113 Å². The number of halogens is 1. The maximum absolute atomic E-state index is 6.01. The summed E-state index contributed by atoms with van der Waals surface area (Å²) in [5, 5.41) is 4.28. The van der Waals surface area contributed by atoms with Crippen LogP contribution < -0.4 is 5.32 Å². The molecular weight excluding hydrogens is 246 g/mol. The lowest BCUT2D eigenvalue weighted by molar-refractivity contribution is 0.512. The third kappa shape index (κ3) is 3.86. The van der Waals surface area contributed by atoms with Crippen LogP contribution in [0.5, 0.6) is 0 Å². The molecule has 4 heteroatoms. The van der Waals surface area contributed by atoms with Crippen molar-refractivity contribution in [2.75, 3.05) is 6.54 Å². The molecule has 2 N–H and O–H groups in total. The average molecular weight is 264 g/mol. The van der Waals surface area contributed by atoms with Crippen LogP contribution in [0.4, 0.5) is 0 Å². The average Bonchev–Trinajstić information content (AvgIpc) is 2.82. The lowest BCUT2D eigenvalue weighted by atomic mass is 10.0. The number of imidazole rings is 1. The molecule has 1 aromatic heterocycles. The fourth-order valence-corrected chi connectivity index (χ4v) is 2.31. The first kappa shape index (κ1) is 13.1. The van der Waals surface area contributed by atoms with Crippen molar-refractivity contribution in [3.8, 4) is 0 Å². The van der Waals surface area contributed by atoms with Crippen LogP contribution in [0.1, 0.15) is 18.3 Å². The predicted octanol–water partition coefficient (Wildman–Crippen LogP) is 2.83. The van der Waals surface area contributed by atoms with Gasteiger partial charge in [-0.1, -0.05) is 30.7 Å². The number of nitrogens with zero attached hydrogens (tertiary/aromatic N) is 1. The molecular formula is C14H18ClN3. The van der Waals surface area contributed by atoms with Crippen molar-refractivity contribution in [3.05, 3.63) is 53.1 Å². The third-order valence-corrected chi connectivity index (χ3v) is 3.09. The van der Waals surface area contributed by atoms with E-state index in [0.29, 0.717) is 6.04 Å². The van der Waals surface area contributed by atoms with E-state index in [1.807, 2.05) is 24.4 Å². The Morgan fingerprint density at radius 3 is 2.94 bits per heavy atom. The zero-order valence-corrected chi connectivity index (χ0v) is 11.2. The summed E-state index contributed by atoms with van der Waals surface area (Å²) < 4.78 is 0. The Hall–Kier alpha value is -1.32. The molecule has 0 aliphatic heterocycles. The fraction of sp³-hybridized carbons (Fsp3) is 0.357. The SMILES string of the molecule is CCNC(Cc1cccc(Cl)c1)Cc1ncc[nH]1. The van der Waals surface area contributed by atoms with Gasteiger partial charge in [0.2, 0.25) is 0 Å². The van der Waals surface area contributed by atoms with E-state index < -0.39 is 0 Å². The first-order valence-corrected chi connectivity index (χ1v) is 6.62. The smallest absolute Gasteiger partial charge is 0.107 e. The Balaban J connectivity index is 2.01. The largest absolute Gasteiger partial charge is 0.349 e. The number of hydrogen-bond donors (Lipinski definition) is 2. The first-order chi connectivity index (χ1) is 8.78. The van der Waals surface area contributed by atoms with Gasteiger partial charge in [0.25, 0.3) is 0 Å². The van der Waals surface area contributed by atoms with Crippen LogP contribution in [0, 0.1) is 0 Å². The molecule has 0 saturated heterocycles. The highest BCUT2D eigenvalue weighted by Crippen LogP contribution is 2.13. The number of H-pyrrole nitrogens is 1. The van der Waals surface area contributed by atoms with E-state index in [4.69, 9.17) is 11.6 Å². The molecule has 2 aromatic rings. The van der Waals surface area contributed by atoms with Crippen molar-refractivity contribution in [1.82, 2.24) is 15.3 Å². The number of rotatable bonds is 6. The first-order valence-electron chi connectivity index (χ1n) is 6.24. The minimum Gasteiger partial charge on any atom is -0.349 e. The zero-order valence-electron chi connectivity index (χ0n) is 10.5. The highest BCUT2D eigenvalue weighted by molar-refractivity contribution is 6.30. The Kier molecular flexibility index (Phi) is 4.79. The van der Waals surface area contributed by atoms with Gasteiger partial charge in [-0.2, -0.15) is 0 Å². The summed E-state index contributed by atoms with van der Waals surface area (Å²) in [6, 6.07) is 8.40. The van der Waals surface area contributed by atoms with Crippen LogP contribution >= 0.6 is 11.6 Å². The van der Waals surface area contributed by atoms with Crippen LogP contribution in [0.15, 0.2) is 36.7 Å². The molecule has 0 saturated carbocycles. The lowest BCUT2D eigenvalue weighted by Crippen LogP contribution is -2.33. The van der Waals surface area contributed by atoms with Gasteiger partial charge in [0, 0.05) is 29.9 Å². The number of benzene rings is 1. The number of aromatic nitrogens is 2. The van der Waals surface area contributed by atoms with E-state index in [0.717, 1.165) is 30.2 Å². The molecule has 1 heterocycles. The van der Waals surface area contributed by atoms with Crippen molar-refractivity contribution in [1.29, 1.82) is 0 Å². The second-order valence-electron chi connectivity index (χ2n) is 4.33. The highest BCUT2D eigenvalue weighted by Gasteiger charge is 2.11. The maximum Gasteiger partial charge on any atom is 0.107 e. The molecule has 18 heavy (non-hydrogen) atoms. The Morgan fingerprint density at radius 1 is 1.39 bits per heavy atom. The summed E-state index contributed by atoms with van der Waals surface area (Å²) in [5.74, 6) is 1.02. The van der Waals surface area contributed by atoms with Crippen LogP contribution in [0.3, 0.4) is 0 Å². The van der Waals surface area contributed by atoms with Crippen molar-refractivity contribution in [2.45, 2.75) is 25.8 Å². The second-order valence-corrected chi connectivity index (χ2v) is 4.77. The van der Waals surface area contributed by atoms with Gasteiger partial charge in [0.1, 0.15) is 5.82 Å². The molecule has 96 valence electrons. The number of hydrogen-bond acceptors (Lipinski definition) is 2. The molecule has 1 aromatic carbocycles. The number of likely N-dealkylation sites (N-methyl/N-ethyl adjacent to an activating group) is 1. The highest BCUT2D eigenvalue weighted by atomic mass is 35.5. The minimum absolute atomic E-state index is 0.375. The zero-order chi connectivity index (χ0) is 12.8. The van der Waals surface area contributed by atoms with E-state index in [2.05, 4.69) is 28.3 Å². The van der Waals surface area contributed by atoms with Crippen molar-refractivity contribution < 1.29 is 0 Å². The molecule has 0 amide bonds. The van der Waals surface area contributed by atoms with E-state index in [1.165, 1.54) is 5.56 Å². The second kappa shape index (κ2) is 6.57. The van der Waals surface area contributed by atoms with Gasteiger partial charge in [-0.25, -0.2) is 4.98 Å². The Morgan fingerprint density at radius 2 is 2.28 bits per heavy atom. The molecule has 0 radical (unpaired) electrons. The quantitative estimate of drug-likeness (QED) is 0.841. The van der Waals surface area contributed by atoms with Gasteiger partial charge in [-0.15, -0.1) is 0 Å². The van der Waals surface area contributed by atoms with Gasteiger partial charge in [0.05, 0.1) is 0 Å². The van der Waals surface area contributed by atoms with Crippen LogP contribution in [0.2, 0.25) is 5.02 Å². The molecule has 0 spiro atoms. The van der Waals surface area contributed by atoms with Gasteiger partial charge in [0.15, 0.2) is 0 Å². The summed E-state index contributed by atoms with van der Waals surface area (Å²) in [6.45, 7) is 3.07. The molecule has 2 rings (SSSR count).